The highest BCUT2D eigenvalue weighted by Gasteiger charge is 2.28. The fraction of sp³-hybridized carbons (Fsp3) is 0.368. The molecule has 0 spiro atoms. The van der Waals surface area contributed by atoms with Gasteiger partial charge in [-0.1, -0.05) is 0 Å². The van der Waals surface area contributed by atoms with Gasteiger partial charge in [-0.15, -0.1) is 0 Å². The monoisotopic (exact) mass is 501 g/mol. The smallest absolute Gasteiger partial charge is 0.278 e. The van der Waals surface area contributed by atoms with Crippen LogP contribution in [-0.4, -0.2) is 28.3 Å². The van der Waals surface area contributed by atoms with E-state index in [2.05, 4.69) is 10.8 Å². The van der Waals surface area contributed by atoms with Gasteiger partial charge in [0.05, 0.1) is 17.4 Å². The van der Waals surface area contributed by atoms with E-state index in [9.17, 15) is 19.1 Å². The van der Waals surface area contributed by atoms with Gasteiger partial charge in [-0.05, 0) is 72.5 Å². The fourth-order valence-corrected chi connectivity index (χ4v) is 3.71. The van der Waals surface area contributed by atoms with Crippen LogP contribution in [0.15, 0.2) is 23.0 Å². The van der Waals surface area contributed by atoms with Gasteiger partial charge in [-0.2, -0.15) is 0 Å². The van der Waals surface area contributed by atoms with Crippen LogP contribution in [0, 0.1) is 9.39 Å². The van der Waals surface area contributed by atoms with E-state index < -0.39 is 17.8 Å². The number of aliphatic hydroxyl groups is 1. The van der Waals surface area contributed by atoms with Crippen molar-refractivity contribution in [3.05, 3.63) is 54.6 Å². The van der Waals surface area contributed by atoms with Gasteiger partial charge < -0.3 is 10.4 Å². The minimum Gasteiger partial charge on any atom is -0.391 e. The zero-order chi connectivity index (χ0) is 20.4. The summed E-state index contributed by atoms with van der Waals surface area (Å²) in [7, 11) is 1.54. The number of carbonyl (C=O) groups excluding carboxylic acids is 1. The molecule has 1 amide bonds. The van der Waals surface area contributed by atoms with Crippen molar-refractivity contribution in [3.8, 4) is 0 Å². The average Bonchev–Trinajstić information content (AvgIpc) is 3.10. The number of rotatable bonds is 6. The molecule has 2 aromatic rings. The van der Waals surface area contributed by atoms with Crippen molar-refractivity contribution in [1.82, 2.24) is 10.0 Å². The van der Waals surface area contributed by atoms with Crippen molar-refractivity contribution >= 4 is 40.0 Å². The Morgan fingerprint density at radius 3 is 2.79 bits per heavy atom. The first-order valence-electron chi connectivity index (χ1n) is 8.86. The van der Waals surface area contributed by atoms with Crippen LogP contribution >= 0.6 is 22.6 Å². The number of nitrogens with zero attached hydrogens (tertiary/aromatic N) is 1. The lowest BCUT2D eigenvalue weighted by Crippen LogP contribution is -2.33. The maximum absolute atomic E-state index is 14.4. The molecule has 0 saturated heterocycles. The molecule has 0 bridgehead atoms. The third-order valence-corrected chi connectivity index (χ3v) is 5.23. The zero-order valence-corrected chi connectivity index (χ0v) is 17.7. The third kappa shape index (κ3) is 4.20. The highest BCUT2D eigenvalue weighted by molar-refractivity contribution is 14.1. The number of carbonyl (C=O) groups is 1. The van der Waals surface area contributed by atoms with Gasteiger partial charge >= 0.3 is 0 Å². The first kappa shape index (κ1) is 20.7. The second kappa shape index (κ2) is 8.58. The van der Waals surface area contributed by atoms with Crippen LogP contribution in [0.1, 0.15) is 34.8 Å². The molecule has 1 aromatic heterocycles. The van der Waals surface area contributed by atoms with Gasteiger partial charge in [0.1, 0.15) is 18.2 Å². The molecule has 0 saturated carbocycles. The van der Waals surface area contributed by atoms with Crippen LogP contribution in [0.3, 0.4) is 0 Å². The second-order valence-electron chi connectivity index (χ2n) is 6.74. The molecule has 1 aromatic carbocycles. The third-order valence-electron chi connectivity index (χ3n) is 4.56. The first-order valence-corrected chi connectivity index (χ1v) is 9.94. The zero-order valence-electron chi connectivity index (χ0n) is 15.5. The van der Waals surface area contributed by atoms with Gasteiger partial charge in [-0.3, -0.25) is 19.0 Å². The Kier molecular flexibility index (Phi) is 6.36. The summed E-state index contributed by atoms with van der Waals surface area (Å²) >= 11 is 2.00. The van der Waals surface area contributed by atoms with Crippen molar-refractivity contribution in [3.63, 3.8) is 0 Å². The standard InChI is InChI=1S/C19H21FIN3O4/c1-10(25)9-28-23-18(26)16-12-4-3-5-13(12)19(27)24(2)17(16)22-15-7-6-11(21)8-14(15)20/h6-8,10,22,25H,3-5,9H2,1-2H3,(H,23,26). The molecule has 0 fully saturated rings. The number of hydroxylamine groups is 1. The Bertz CT molecular complexity index is 975. The second-order valence-corrected chi connectivity index (χ2v) is 7.98. The van der Waals surface area contributed by atoms with Crippen LogP contribution in [0.25, 0.3) is 0 Å². The summed E-state index contributed by atoms with van der Waals surface area (Å²) in [4.78, 5) is 30.6. The lowest BCUT2D eigenvalue weighted by molar-refractivity contribution is -0.00689. The Morgan fingerprint density at radius 1 is 1.39 bits per heavy atom. The number of hydrogen-bond donors (Lipinski definition) is 3. The quantitative estimate of drug-likeness (QED) is 0.418. The number of halogens is 2. The van der Waals surface area contributed by atoms with E-state index in [1.165, 1.54) is 17.6 Å². The summed E-state index contributed by atoms with van der Waals surface area (Å²) in [6.45, 7) is 1.46. The number of amides is 1. The number of fused-ring (bicyclic) bond motifs is 1. The number of pyridine rings is 1. The van der Waals surface area contributed by atoms with Gasteiger partial charge in [0.15, 0.2) is 0 Å². The van der Waals surface area contributed by atoms with E-state index >= 15 is 0 Å². The molecule has 9 heteroatoms. The lowest BCUT2D eigenvalue weighted by atomic mass is 10.0. The molecule has 1 aliphatic carbocycles. The normalized spacial score (nSPS) is 13.9. The number of benzene rings is 1. The average molecular weight is 501 g/mol. The van der Waals surface area contributed by atoms with Gasteiger partial charge in [0.25, 0.3) is 11.5 Å². The molecular formula is C19H21FIN3O4. The molecule has 28 heavy (non-hydrogen) atoms. The van der Waals surface area contributed by atoms with Crippen molar-refractivity contribution in [2.75, 3.05) is 11.9 Å². The van der Waals surface area contributed by atoms with Crippen molar-refractivity contribution in [1.29, 1.82) is 0 Å². The molecule has 3 N–H and O–H groups in total. The van der Waals surface area contributed by atoms with Crippen LogP contribution < -0.4 is 16.4 Å². The fourth-order valence-electron chi connectivity index (χ4n) is 3.26. The Morgan fingerprint density at radius 2 is 2.11 bits per heavy atom. The number of hydrogen-bond acceptors (Lipinski definition) is 5. The Balaban J connectivity index is 2.06. The first-order chi connectivity index (χ1) is 13.3. The van der Waals surface area contributed by atoms with E-state index in [1.807, 2.05) is 22.6 Å². The van der Waals surface area contributed by atoms with Crippen molar-refractivity contribution in [2.24, 2.45) is 7.05 Å². The molecule has 0 radical (unpaired) electrons. The molecule has 3 rings (SSSR count). The summed E-state index contributed by atoms with van der Waals surface area (Å²) in [5.41, 5.74) is 3.75. The van der Waals surface area contributed by atoms with E-state index in [1.54, 1.807) is 19.2 Å². The van der Waals surface area contributed by atoms with Crippen LogP contribution in [0.4, 0.5) is 15.9 Å². The maximum Gasteiger partial charge on any atom is 0.278 e. The number of aliphatic hydroxyl groups excluding tert-OH is 1. The lowest BCUT2D eigenvalue weighted by Gasteiger charge is -2.19. The molecule has 0 aliphatic heterocycles. The summed E-state index contributed by atoms with van der Waals surface area (Å²) in [5.74, 6) is -0.844. The predicted octanol–water partition coefficient (Wildman–Crippen LogP) is 2.40. The number of anilines is 2. The molecule has 1 aliphatic rings. The molecule has 1 unspecified atom stereocenters. The van der Waals surface area contributed by atoms with Crippen LogP contribution in [0.5, 0.6) is 0 Å². The Hall–Kier alpha value is -1.98. The van der Waals surface area contributed by atoms with Gasteiger partial charge in [-0.25, -0.2) is 9.87 Å². The summed E-state index contributed by atoms with van der Waals surface area (Å²) in [6.07, 6.45) is 1.19. The SMILES string of the molecule is CC(O)CONC(=O)c1c2c(c(=O)n(C)c1Nc1ccc(I)cc1F)CCC2. The summed E-state index contributed by atoms with van der Waals surface area (Å²) in [6, 6.07) is 4.64. The molecule has 1 heterocycles. The number of aromatic nitrogens is 1. The van der Waals surface area contributed by atoms with Crippen LogP contribution in [-0.2, 0) is 24.7 Å². The molecule has 1 atom stereocenters. The molecular weight excluding hydrogens is 480 g/mol. The van der Waals surface area contributed by atoms with Crippen molar-refractivity contribution in [2.45, 2.75) is 32.3 Å². The largest absolute Gasteiger partial charge is 0.391 e. The molecule has 7 nitrogen and oxygen atoms in total. The maximum atomic E-state index is 14.4. The van der Waals surface area contributed by atoms with Gasteiger partial charge in [0.2, 0.25) is 0 Å². The highest BCUT2D eigenvalue weighted by atomic mass is 127. The van der Waals surface area contributed by atoms with E-state index in [0.29, 0.717) is 24.0 Å². The highest BCUT2D eigenvalue weighted by Crippen LogP contribution is 2.30. The minimum atomic E-state index is -0.746. The van der Waals surface area contributed by atoms with E-state index in [4.69, 9.17) is 4.84 Å². The van der Waals surface area contributed by atoms with E-state index in [0.717, 1.165) is 9.99 Å². The van der Waals surface area contributed by atoms with E-state index in [-0.39, 0.29) is 29.2 Å². The van der Waals surface area contributed by atoms with Crippen LogP contribution in [0.2, 0.25) is 0 Å². The minimum absolute atomic E-state index is 0.0752. The van der Waals surface area contributed by atoms with Crippen molar-refractivity contribution < 1.29 is 19.1 Å². The van der Waals surface area contributed by atoms with Gasteiger partial charge in [0, 0.05) is 16.2 Å². The predicted molar refractivity (Wildman–Crippen MR) is 111 cm³/mol. The Labute approximate surface area is 175 Å². The topological polar surface area (TPSA) is 92.6 Å². The summed E-state index contributed by atoms with van der Waals surface area (Å²) in [5, 5.41) is 12.2. The molecule has 150 valence electrons. The summed E-state index contributed by atoms with van der Waals surface area (Å²) < 4.78 is 16.4. The number of nitrogens with one attached hydrogen (secondary N) is 2.